The molecule has 2 atom stereocenters. The van der Waals surface area contributed by atoms with Crippen molar-refractivity contribution in [3.63, 3.8) is 0 Å². The quantitative estimate of drug-likeness (QED) is 0.783. The van der Waals surface area contributed by atoms with Crippen molar-refractivity contribution in [3.05, 3.63) is 42.2 Å². The molecule has 1 fully saturated rings. The topological polar surface area (TPSA) is 56.9 Å². The maximum atomic E-state index is 5.97. The summed E-state index contributed by atoms with van der Waals surface area (Å²) in [7, 11) is 2.05. The number of nitrogens with zero attached hydrogens (tertiary/aromatic N) is 4. The Balaban J connectivity index is 1.48. The van der Waals surface area contributed by atoms with E-state index in [1.807, 2.05) is 36.1 Å². The molecule has 2 aromatic heterocycles. The van der Waals surface area contributed by atoms with Crippen LogP contribution in [0.5, 0.6) is 0 Å². The first-order valence-electron chi connectivity index (χ1n) is 8.55. The molecule has 0 unspecified atom stereocenters. The molecule has 1 saturated heterocycles. The van der Waals surface area contributed by atoms with Gasteiger partial charge in [-0.3, -0.25) is 4.68 Å². The smallest absolute Gasteiger partial charge is 0.203 e. The van der Waals surface area contributed by atoms with Gasteiger partial charge in [0.1, 0.15) is 0 Å². The highest BCUT2D eigenvalue weighted by molar-refractivity contribution is 5.78. The van der Waals surface area contributed by atoms with Crippen molar-refractivity contribution in [2.45, 2.75) is 26.0 Å². The van der Waals surface area contributed by atoms with E-state index >= 15 is 0 Å². The standard InChI is InChI=1S/C18H23N5O/c1-3-23-12-14(11-20-23)17-13(8-9-24-17)10-19-18-21-15-6-4-5-7-16(15)22(18)2/h4-7,11-13,17H,3,8-10H2,1-2H3,(H,19,21)/t13-,17+/m0/s1. The van der Waals surface area contributed by atoms with Crippen molar-refractivity contribution in [1.82, 2.24) is 19.3 Å². The van der Waals surface area contributed by atoms with Gasteiger partial charge >= 0.3 is 0 Å². The van der Waals surface area contributed by atoms with Gasteiger partial charge in [-0.2, -0.15) is 5.10 Å². The number of imidazole rings is 1. The second-order valence-corrected chi connectivity index (χ2v) is 6.33. The number of aryl methyl sites for hydroxylation is 2. The van der Waals surface area contributed by atoms with E-state index in [4.69, 9.17) is 4.74 Å². The zero-order valence-corrected chi connectivity index (χ0v) is 14.1. The van der Waals surface area contributed by atoms with E-state index < -0.39 is 0 Å². The Morgan fingerprint density at radius 2 is 2.21 bits per heavy atom. The summed E-state index contributed by atoms with van der Waals surface area (Å²) in [5.74, 6) is 1.34. The van der Waals surface area contributed by atoms with E-state index in [0.29, 0.717) is 5.92 Å². The minimum atomic E-state index is 0.118. The largest absolute Gasteiger partial charge is 0.373 e. The van der Waals surface area contributed by atoms with Crippen LogP contribution in [0.25, 0.3) is 11.0 Å². The highest BCUT2D eigenvalue weighted by atomic mass is 16.5. The van der Waals surface area contributed by atoms with Gasteiger partial charge in [0.25, 0.3) is 0 Å². The molecule has 1 aliphatic heterocycles. The molecule has 0 amide bonds. The minimum absolute atomic E-state index is 0.118. The number of hydrogen-bond acceptors (Lipinski definition) is 4. The molecule has 0 radical (unpaired) electrons. The fourth-order valence-corrected chi connectivity index (χ4v) is 3.44. The lowest BCUT2D eigenvalue weighted by Gasteiger charge is -2.18. The summed E-state index contributed by atoms with van der Waals surface area (Å²) in [6.07, 6.45) is 5.20. The second kappa shape index (κ2) is 6.28. The number of ether oxygens (including phenoxy) is 1. The number of aromatic nitrogens is 4. The van der Waals surface area contributed by atoms with E-state index in [-0.39, 0.29) is 6.10 Å². The molecule has 6 heteroatoms. The third-order valence-electron chi connectivity index (χ3n) is 4.83. The number of rotatable bonds is 5. The van der Waals surface area contributed by atoms with Gasteiger partial charge in [0.2, 0.25) is 5.95 Å². The summed E-state index contributed by atoms with van der Waals surface area (Å²) in [6, 6.07) is 8.20. The predicted molar refractivity (Wildman–Crippen MR) is 93.9 cm³/mol. The first-order chi connectivity index (χ1) is 11.8. The predicted octanol–water partition coefficient (Wildman–Crippen LogP) is 2.98. The number of benzene rings is 1. The highest BCUT2D eigenvalue weighted by Gasteiger charge is 2.30. The average molecular weight is 325 g/mol. The summed E-state index contributed by atoms with van der Waals surface area (Å²) in [5, 5.41) is 7.88. The third kappa shape index (κ3) is 2.67. The Hall–Kier alpha value is -2.34. The molecule has 126 valence electrons. The van der Waals surface area contributed by atoms with Crippen molar-refractivity contribution in [1.29, 1.82) is 0 Å². The Bertz CT molecular complexity index is 837. The lowest BCUT2D eigenvalue weighted by atomic mass is 9.97. The Morgan fingerprint density at radius 1 is 1.33 bits per heavy atom. The first kappa shape index (κ1) is 15.2. The SMILES string of the molecule is CCn1cc([C@@H]2OCC[C@H]2CNc2nc3ccccc3n2C)cn1. The number of anilines is 1. The van der Waals surface area contributed by atoms with Crippen LogP contribution >= 0.6 is 0 Å². The maximum absolute atomic E-state index is 5.97. The monoisotopic (exact) mass is 325 g/mol. The summed E-state index contributed by atoms with van der Waals surface area (Å²) in [5.41, 5.74) is 3.33. The molecular weight excluding hydrogens is 302 g/mol. The molecule has 1 aliphatic rings. The van der Waals surface area contributed by atoms with Gasteiger partial charge in [0.05, 0.1) is 23.3 Å². The second-order valence-electron chi connectivity index (χ2n) is 6.33. The molecule has 0 aliphatic carbocycles. The van der Waals surface area contributed by atoms with Gasteiger partial charge in [-0.05, 0) is 25.5 Å². The Labute approximate surface area is 141 Å². The van der Waals surface area contributed by atoms with E-state index in [0.717, 1.165) is 43.1 Å². The molecule has 3 aromatic rings. The Morgan fingerprint density at radius 3 is 3.00 bits per heavy atom. The van der Waals surface area contributed by atoms with Gasteiger partial charge < -0.3 is 14.6 Å². The van der Waals surface area contributed by atoms with Crippen LogP contribution in [0.2, 0.25) is 0 Å². The number of fused-ring (bicyclic) bond motifs is 1. The van der Waals surface area contributed by atoms with Crippen LogP contribution in [0.3, 0.4) is 0 Å². The third-order valence-corrected chi connectivity index (χ3v) is 4.83. The zero-order chi connectivity index (χ0) is 16.5. The molecule has 0 spiro atoms. The van der Waals surface area contributed by atoms with Crippen molar-refractivity contribution in [2.24, 2.45) is 13.0 Å². The molecule has 24 heavy (non-hydrogen) atoms. The van der Waals surface area contributed by atoms with Crippen molar-refractivity contribution in [2.75, 3.05) is 18.5 Å². The van der Waals surface area contributed by atoms with Crippen molar-refractivity contribution < 1.29 is 4.74 Å². The molecule has 4 rings (SSSR count). The maximum Gasteiger partial charge on any atom is 0.203 e. The fraction of sp³-hybridized carbons (Fsp3) is 0.444. The zero-order valence-electron chi connectivity index (χ0n) is 14.1. The molecule has 6 nitrogen and oxygen atoms in total. The van der Waals surface area contributed by atoms with Crippen LogP contribution < -0.4 is 5.32 Å². The van der Waals surface area contributed by atoms with Crippen LogP contribution in [0.4, 0.5) is 5.95 Å². The summed E-state index contributed by atoms with van der Waals surface area (Å²) >= 11 is 0. The van der Waals surface area contributed by atoms with Gasteiger partial charge in [0, 0.05) is 44.4 Å². The number of hydrogen-bond donors (Lipinski definition) is 1. The number of para-hydroxylation sites is 2. The molecule has 1 aromatic carbocycles. The van der Waals surface area contributed by atoms with Crippen LogP contribution in [0.15, 0.2) is 36.7 Å². The molecule has 0 bridgehead atoms. The van der Waals surface area contributed by atoms with Crippen LogP contribution in [-0.4, -0.2) is 32.5 Å². The first-order valence-corrected chi connectivity index (χ1v) is 8.55. The highest BCUT2D eigenvalue weighted by Crippen LogP contribution is 2.34. The molecule has 3 heterocycles. The van der Waals surface area contributed by atoms with Crippen molar-refractivity contribution >= 4 is 17.0 Å². The lowest BCUT2D eigenvalue weighted by molar-refractivity contribution is 0.0932. The van der Waals surface area contributed by atoms with Crippen LogP contribution in [0, 0.1) is 5.92 Å². The van der Waals surface area contributed by atoms with E-state index in [1.54, 1.807) is 0 Å². The molecule has 0 saturated carbocycles. The summed E-state index contributed by atoms with van der Waals surface area (Å²) < 4.78 is 10.0. The Kier molecular flexibility index (Phi) is 3.98. The molecular formula is C18H23N5O. The van der Waals surface area contributed by atoms with Gasteiger partial charge in [-0.15, -0.1) is 0 Å². The molecule has 1 N–H and O–H groups in total. The fourth-order valence-electron chi connectivity index (χ4n) is 3.44. The van der Waals surface area contributed by atoms with E-state index in [9.17, 15) is 0 Å². The van der Waals surface area contributed by atoms with Crippen LogP contribution in [-0.2, 0) is 18.3 Å². The van der Waals surface area contributed by atoms with Crippen molar-refractivity contribution in [3.8, 4) is 0 Å². The minimum Gasteiger partial charge on any atom is -0.373 e. The normalized spacial score (nSPS) is 20.8. The van der Waals surface area contributed by atoms with E-state index in [1.165, 1.54) is 5.56 Å². The average Bonchev–Trinajstić information content (AvgIpc) is 3.31. The summed E-state index contributed by atoms with van der Waals surface area (Å²) in [4.78, 5) is 4.68. The van der Waals surface area contributed by atoms with Gasteiger partial charge in [-0.1, -0.05) is 12.1 Å². The summed E-state index contributed by atoms with van der Waals surface area (Å²) in [6.45, 7) is 4.63. The number of nitrogens with one attached hydrogen (secondary N) is 1. The van der Waals surface area contributed by atoms with Gasteiger partial charge in [0.15, 0.2) is 0 Å². The van der Waals surface area contributed by atoms with E-state index in [2.05, 4.69) is 39.2 Å². The van der Waals surface area contributed by atoms with Crippen LogP contribution in [0.1, 0.15) is 25.0 Å². The van der Waals surface area contributed by atoms with Gasteiger partial charge in [-0.25, -0.2) is 4.98 Å². The lowest BCUT2D eigenvalue weighted by Crippen LogP contribution is -2.19.